The molecule has 31 heavy (non-hydrogen) atoms. The third kappa shape index (κ3) is 5.75. The summed E-state index contributed by atoms with van der Waals surface area (Å²) >= 11 is 1.63. The molecule has 0 aliphatic heterocycles. The predicted molar refractivity (Wildman–Crippen MR) is 113 cm³/mol. The second-order valence-corrected chi connectivity index (χ2v) is 9.67. The maximum absolute atomic E-state index is 12.7. The minimum absolute atomic E-state index is 0.322. The second-order valence-electron chi connectivity index (χ2n) is 6.87. The van der Waals surface area contributed by atoms with Gasteiger partial charge in [-0.25, -0.2) is 13.1 Å². The van der Waals surface area contributed by atoms with Crippen LogP contribution in [0.1, 0.15) is 26.6 Å². The van der Waals surface area contributed by atoms with E-state index in [4.69, 9.17) is 0 Å². The van der Waals surface area contributed by atoms with Crippen LogP contribution in [0.4, 0.5) is 18.9 Å². The Labute approximate surface area is 181 Å². The number of nitrogens with zero attached hydrogens (tertiary/aromatic N) is 1. The number of anilines is 1. The number of alkyl halides is 3. The van der Waals surface area contributed by atoms with E-state index in [9.17, 15) is 26.4 Å². The average Bonchev–Trinajstić information content (AvgIpc) is 3.30. The number of thiophene rings is 1. The number of hydrogen-bond donors (Lipinski definition) is 2. The molecular weight excluding hydrogens is 451 g/mol. The molecule has 0 bridgehead atoms. The van der Waals surface area contributed by atoms with Crippen LogP contribution in [0.3, 0.4) is 0 Å². The molecule has 166 valence electrons. The molecule has 2 N–H and O–H groups in total. The number of carbonyl (C=O) groups is 1. The lowest BCUT2D eigenvalue weighted by Crippen LogP contribution is -2.33. The van der Waals surface area contributed by atoms with Crippen LogP contribution in [0.2, 0.25) is 0 Å². The van der Waals surface area contributed by atoms with Gasteiger partial charge in [0, 0.05) is 22.0 Å². The van der Waals surface area contributed by atoms with E-state index in [0.717, 1.165) is 28.4 Å². The molecule has 0 aliphatic carbocycles. The van der Waals surface area contributed by atoms with Gasteiger partial charge in [-0.1, -0.05) is 6.07 Å². The predicted octanol–water partition coefficient (Wildman–Crippen LogP) is 4.31. The number of benzene rings is 1. The van der Waals surface area contributed by atoms with E-state index in [1.165, 1.54) is 16.9 Å². The molecule has 0 aliphatic rings. The van der Waals surface area contributed by atoms with Crippen molar-refractivity contribution in [3.63, 3.8) is 0 Å². The van der Waals surface area contributed by atoms with E-state index in [1.54, 1.807) is 17.4 Å². The van der Waals surface area contributed by atoms with Crippen LogP contribution in [0.25, 0.3) is 0 Å². The van der Waals surface area contributed by atoms with Crippen LogP contribution < -0.4 is 10.0 Å². The molecular formula is C20H20F3N3O3S2. The molecule has 0 fully saturated rings. The second kappa shape index (κ2) is 8.85. The van der Waals surface area contributed by atoms with Crippen molar-refractivity contribution in [1.82, 2.24) is 9.29 Å². The molecule has 0 atom stereocenters. The van der Waals surface area contributed by atoms with Crippen molar-refractivity contribution in [2.45, 2.75) is 31.5 Å². The molecule has 2 aromatic heterocycles. The van der Waals surface area contributed by atoms with Crippen molar-refractivity contribution < 1.29 is 26.4 Å². The number of sulfonamides is 1. The van der Waals surface area contributed by atoms with Gasteiger partial charge in [-0.2, -0.15) is 13.2 Å². The van der Waals surface area contributed by atoms with Crippen molar-refractivity contribution in [3.8, 4) is 0 Å². The molecule has 0 radical (unpaired) electrons. The molecule has 0 unspecified atom stereocenters. The monoisotopic (exact) mass is 471 g/mol. The highest BCUT2D eigenvalue weighted by Gasteiger charge is 2.30. The fourth-order valence-electron chi connectivity index (χ4n) is 3.01. The first-order valence-corrected chi connectivity index (χ1v) is 11.5. The molecule has 0 spiro atoms. The Morgan fingerprint density at radius 3 is 2.39 bits per heavy atom. The zero-order chi connectivity index (χ0) is 22.8. The van der Waals surface area contributed by atoms with E-state index in [0.29, 0.717) is 17.8 Å². The van der Waals surface area contributed by atoms with Gasteiger partial charge in [-0.05, 0) is 55.6 Å². The van der Waals surface area contributed by atoms with Gasteiger partial charge in [0.25, 0.3) is 5.91 Å². The number of amides is 1. The Hall–Kier alpha value is -2.63. The lowest BCUT2D eigenvalue weighted by Gasteiger charge is -2.11. The SMILES string of the molecule is Cc1cc(C(=O)Nc2ccc(S(=O)(=O)NCC(F)(F)F)cc2)c(C)n1Cc1cccs1. The third-order valence-corrected chi connectivity index (χ3v) is 6.88. The van der Waals surface area contributed by atoms with Gasteiger partial charge in [0.1, 0.15) is 6.54 Å². The van der Waals surface area contributed by atoms with Crippen molar-refractivity contribution in [1.29, 1.82) is 0 Å². The van der Waals surface area contributed by atoms with Gasteiger partial charge in [-0.3, -0.25) is 4.79 Å². The largest absolute Gasteiger partial charge is 0.402 e. The molecule has 0 saturated heterocycles. The Bertz CT molecular complexity index is 1170. The van der Waals surface area contributed by atoms with Crippen molar-refractivity contribution in [3.05, 3.63) is 69.7 Å². The molecule has 1 amide bonds. The lowest BCUT2D eigenvalue weighted by atomic mass is 10.2. The molecule has 1 aromatic carbocycles. The number of rotatable bonds is 7. The molecule has 3 rings (SSSR count). The molecule has 6 nitrogen and oxygen atoms in total. The van der Waals surface area contributed by atoms with E-state index in [1.807, 2.05) is 35.9 Å². The number of nitrogens with one attached hydrogen (secondary N) is 2. The van der Waals surface area contributed by atoms with E-state index in [2.05, 4.69) is 5.32 Å². The Kier molecular flexibility index (Phi) is 6.58. The first kappa shape index (κ1) is 23.0. The van der Waals surface area contributed by atoms with Crippen LogP contribution in [0.5, 0.6) is 0 Å². The van der Waals surface area contributed by atoms with Gasteiger partial charge in [-0.15, -0.1) is 11.3 Å². The Morgan fingerprint density at radius 2 is 1.81 bits per heavy atom. The fourth-order valence-corrected chi connectivity index (χ4v) is 4.72. The topological polar surface area (TPSA) is 80.2 Å². The Morgan fingerprint density at radius 1 is 1.13 bits per heavy atom. The minimum Gasteiger partial charge on any atom is -0.343 e. The maximum atomic E-state index is 12.7. The van der Waals surface area contributed by atoms with E-state index in [-0.39, 0.29) is 10.8 Å². The van der Waals surface area contributed by atoms with Crippen molar-refractivity contribution in [2.75, 3.05) is 11.9 Å². The molecule has 11 heteroatoms. The van der Waals surface area contributed by atoms with Crippen LogP contribution in [-0.2, 0) is 16.6 Å². The summed E-state index contributed by atoms with van der Waals surface area (Å²) in [6.07, 6.45) is -4.66. The van der Waals surface area contributed by atoms with Crippen LogP contribution in [0.15, 0.2) is 52.7 Å². The number of hydrogen-bond acceptors (Lipinski definition) is 4. The number of carbonyl (C=O) groups excluding carboxylic acids is 1. The summed E-state index contributed by atoms with van der Waals surface area (Å²) in [5.41, 5.74) is 2.52. The normalized spacial score (nSPS) is 12.2. The number of aromatic nitrogens is 1. The van der Waals surface area contributed by atoms with E-state index < -0.39 is 22.7 Å². The summed E-state index contributed by atoms with van der Waals surface area (Å²) in [7, 11) is -4.31. The summed E-state index contributed by atoms with van der Waals surface area (Å²) in [6, 6.07) is 10.7. The average molecular weight is 472 g/mol. The molecule has 0 saturated carbocycles. The fraction of sp³-hybridized carbons (Fsp3) is 0.250. The molecule has 2 heterocycles. The standard InChI is InChI=1S/C20H20F3N3O3S2/c1-13-10-18(14(2)26(13)11-16-4-3-9-30-16)19(27)25-15-5-7-17(8-6-15)31(28,29)24-12-20(21,22)23/h3-10,24H,11-12H2,1-2H3,(H,25,27). The molecule has 3 aromatic rings. The maximum Gasteiger partial charge on any atom is 0.402 e. The zero-order valence-corrected chi connectivity index (χ0v) is 18.3. The minimum atomic E-state index is -4.66. The van der Waals surface area contributed by atoms with Gasteiger partial charge in [0.2, 0.25) is 10.0 Å². The van der Waals surface area contributed by atoms with Crippen LogP contribution in [0, 0.1) is 13.8 Å². The van der Waals surface area contributed by atoms with Gasteiger partial charge >= 0.3 is 6.18 Å². The summed E-state index contributed by atoms with van der Waals surface area (Å²) in [5.74, 6) is -0.365. The van der Waals surface area contributed by atoms with Crippen LogP contribution >= 0.6 is 11.3 Å². The summed E-state index contributed by atoms with van der Waals surface area (Å²) in [5, 5.41) is 4.67. The zero-order valence-electron chi connectivity index (χ0n) is 16.7. The summed E-state index contributed by atoms with van der Waals surface area (Å²) in [4.78, 5) is 13.5. The van der Waals surface area contributed by atoms with Gasteiger partial charge in [0.05, 0.1) is 17.0 Å². The number of halogens is 3. The van der Waals surface area contributed by atoms with Crippen molar-refractivity contribution in [2.24, 2.45) is 0 Å². The highest BCUT2D eigenvalue weighted by atomic mass is 32.2. The van der Waals surface area contributed by atoms with Gasteiger partial charge < -0.3 is 9.88 Å². The quantitative estimate of drug-likeness (QED) is 0.539. The lowest BCUT2D eigenvalue weighted by molar-refractivity contribution is -0.121. The van der Waals surface area contributed by atoms with E-state index >= 15 is 0 Å². The highest BCUT2D eigenvalue weighted by Crippen LogP contribution is 2.21. The third-order valence-electron chi connectivity index (χ3n) is 4.60. The smallest absolute Gasteiger partial charge is 0.343 e. The summed E-state index contributed by atoms with van der Waals surface area (Å²) in [6.45, 7) is 2.75. The first-order chi connectivity index (χ1) is 14.5. The first-order valence-electron chi connectivity index (χ1n) is 9.13. The van der Waals surface area contributed by atoms with Crippen molar-refractivity contribution >= 4 is 33.0 Å². The number of aryl methyl sites for hydroxylation is 1. The Balaban J connectivity index is 1.71. The van der Waals surface area contributed by atoms with Gasteiger partial charge in [0.15, 0.2) is 0 Å². The summed E-state index contributed by atoms with van der Waals surface area (Å²) < 4.78 is 64.2. The van der Waals surface area contributed by atoms with Crippen LogP contribution in [-0.4, -0.2) is 31.6 Å². The highest BCUT2D eigenvalue weighted by molar-refractivity contribution is 7.89.